The average Bonchev–Trinajstić information content (AvgIpc) is 2.45. The zero-order chi connectivity index (χ0) is 15.1. The molecule has 0 fully saturated rings. The van der Waals surface area contributed by atoms with Gasteiger partial charge in [0.2, 0.25) is 0 Å². The molecule has 1 aromatic heterocycles. The van der Waals surface area contributed by atoms with Gasteiger partial charge in [0.15, 0.2) is 5.11 Å². The Bertz CT molecular complexity index is 599. The lowest BCUT2D eigenvalue weighted by Gasteiger charge is -2.10. The Hall–Kier alpha value is -1.65. The first-order chi connectivity index (χ1) is 10.1. The fourth-order valence-corrected chi connectivity index (χ4v) is 2.24. The molecule has 0 saturated carbocycles. The molecule has 0 atom stereocenters. The molecule has 1 heterocycles. The third-order valence-electron chi connectivity index (χ3n) is 3.00. The largest absolute Gasteiger partial charge is 0.362 e. The van der Waals surface area contributed by atoms with Gasteiger partial charge in [0.1, 0.15) is 5.82 Å². The third-order valence-corrected chi connectivity index (χ3v) is 3.50. The van der Waals surface area contributed by atoms with E-state index in [0.29, 0.717) is 5.11 Å². The lowest BCUT2D eigenvalue weighted by atomic mass is 10.1. The van der Waals surface area contributed by atoms with Gasteiger partial charge in [0, 0.05) is 17.8 Å². The summed E-state index contributed by atoms with van der Waals surface area (Å²) in [5.41, 5.74) is 2.43. The van der Waals surface area contributed by atoms with Gasteiger partial charge in [-0.3, -0.25) is 0 Å². The van der Waals surface area contributed by atoms with Crippen LogP contribution in [0.3, 0.4) is 0 Å². The molecule has 110 valence electrons. The first-order valence-corrected chi connectivity index (χ1v) is 7.64. The number of hydrogen-bond donors (Lipinski definition) is 2. The van der Waals surface area contributed by atoms with E-state index in [0.717, 1.165) is 35.8 Å². The third kappa shape index (κ3) is 5.69. The molecule has 3 nitrogen and oxygen atoms in total. The van der Waals surface area contributed by atoms with Crippen LogP contribution in [0.1, 0.15) is 17.5 Å². The second kappa shape index (κ2) is 7.96. The number of anilines is 1. The second-order valence-corrected chi connectivity index (χ2v) is 5.67. The molecule has 2 N–H and O–H groups in total. The number of aromatic nitrogens is 1. The van der Waals surface area contributed by atoms with Gasteiger partial charge in [-0.25, -0.2) is 4.98 Å². The van der Waals surface area contributed by atoms with E-state index >= 15 is 0 Å². The first-order valence-electron chi connectivity index (χ1n) is 6.85. The average molecular weight is 320 g/mol. The predicted molar refractivity (Wildman–Crippen MR) is 93.0 cm³/mol. The van der Waals surface area contributed by atoms with E-state index in [1.54, 1.807) is 6.20 Å². The highest BCUT2D eigenvalue weighted by molar-refractivity contribution is 7.80. The molecule has 0 aliphatic heterocycles. The highest BCUT2D eigenvalue weighted by Crippen LogP contribution is 2.10. The number of hydrogen-bond acceptors (Lipinski definition) is 2. The van der Waals surface area contributed by atoms with E-state index in [1.165, 1.54) is 5.56 Å². The maximum atomic E-state index is 5.86. The molecule has 0 radical (unpaired) electrons. The topological polar surface area (TPSA) is 37.0 Å². The monoisotopic (exact) mass is 319 g/mol. The van der Waals surface area contributed by atoms with Crippen LogP contribution in [-0.2, 0) is 6.42 Å². The standard InChI is InChI=1S/C16H18ClN3S/c1-12-8-10-18-15(11-12)20-16(21)19-9-2-3-13-4-6-14(17)7-5-13/h4-8,10-11H,2-3,9H2,1H3,(H2,18,19,20,21). The normalized spacial score (nSPS) is 10.2. The molecule has 0 amide bonds. The van der Waals surface area contributed by atoms with Crippen molar-refractivity contribution in [3.8, 4) is 0 Å². The van der Waals surface area contributed by atoms with Crippen LogP contribution in [0.2, 0.25) is 5.02 Å². The molecular formula is C16H18ClN3S. The molecular weight excluding hydrogens is 302 g/mol. The summed E-state index contributed by atoms with van der Waals surface area (Å²) in [6, 6.07) is 11.8. The van der Waals surface area contributed by atoms with Gasteiger partial charge < -0.3 is 10.6 Å². The van der Waals surface area contributed by atoms with Gasteiger partial charge in [-0.1, -0.05) is 23.7 Å². The van der Waals surface area contributed by atoms with Crippen LogP contribution < -0.4 is 10.6 Å². The zero-order valence-electron chi connectivity index (χ0n) is 11.9. The van der Waals surface area contributed by atoms with Crippen molar-refractivity contribution >= 4 is 34.7 Å². The van der Waals surface area contributed by atoms with E-state index in [1.807, 2.05) is 31.2 Å². The molecule has 0 unspecified atom stereocenters. The molecule has 5 heteroatoms. The lowest BCUT2D eigenvalue weighted by molar-refractivity contribution is 0.777. The van der Waals surface area contributed by atoms with Crippen molar-refractivity contribution < 1.29 is 0 Å². The van der Waals surface area contributed by atoms with Crippen LogP contribution in [0.25, 0.3) is 0 Å². The maximum Gasteiger partial charge on any atom is 0.171 e. The Morgan fingerprint density at radius 2 is 2.00 bits per heavy atom. The molecule has 21 heavy (non-hydrogen) atoms. The van der Waals surface area contributed by atoms with Crippen molar-refractivity contribution in [3.05, 3.63) is 58.7 Å². The minimum absolute atomic E-state index is 0.601. The summed E-state index contributed by atoms with van der Waals surface area (Å²) in [5.74, 6) is 0.769. The number of aryl methyl sites for hydroxylation is 2. The number of halogens is 1. The minimum atomic E-state index is 0.601. The number of nitrogens with one attached hydrogen (secondary N) is 2. The van der Waals surface area contributed by atoms with Crippen molar-refractivity contribution in [2.45, 2.75) is 19.8 Å². The minimum Gasteiger partial charge on any atom is -0.362 e. The van der Waals surface area contributed by atoms with Gasteiger partial charge in [-0.05, 0) is 67.4 Å². The molecule has 2 rings (SSSR count). The van der Waals surface area contributed by atoms with Crippen molar-refractivity contribution in [2.75, 3.05) is 11.9 Å². The van der Waals surface area contributed by atoms with Crippen LogP contribution in [0, 0.1) is 6.92 Å². The van der Waals surface area contributed by atoms with Gasteiger partial charge in [-0.15, -0.1) is 0 Å². The molecule has 0 saturated heterocycles. The summed E-state index contributed by atoms with van der Waals surface area (Å²) in [6.45, 7) is 2.84. The fourth-order valence-electron chi connectivity index (χ4n) is 1.91. The fraction of sp³-hybridized carbons (Fsp3) is 0.250. The van der Waals surface area contributed by atoms with E-state index in [4.69, 9.17) is 23.8 Å². The van der Waals surface area contributed by atoms with Crippen molar-refractivity contribution in [2.24, 2.45) is 0 Å². The van der Waals surface area contributed by atoms with E-state index in [9.17, 15) is 0 Å². The lowest BCUT2D eigenvalue weighted by Crippen LogP contribution is -2.29. The molecule has 0 spiro atoms. The Labute approximate surface area is 135 Å². The number of pyridine rings is 1. The van der Waals surface area contributed by atoms with Crippen molar-refractivity contribution in [1.82, 2.24) is 10.3 Å². The smallest absolute Gasteiger partial charge is 0.171 e. The molecule has 0 bridgehead atoms. The highest BCUT2D eigenvalue weighted by Gasteiger charge is 1.99. The van der Waals surface area contributed by atoms with Gasteiger partial charge in [0.05, 0.1) is 0 Å². The summed E-state index contributed by atoms with van der Waals surface area (Å²) in [6.07, 6.45) is 3.76. The second-order valence-electron chi connectivity index (χ2n) is 4.83. The Kier molecular flexibility index (Phi) is 5.96. The summed E-state index contributed by atoms with van der Waals surface area (Å²) >= 11 is 11.1. The van der Waals surface area contributed by atoms with Crippen LogP contribution in [0.15, 0.2) is 42.6 Å². The van der Waals surface area contributed by atoms with Gasteiger partial charge in [0.25, 0.3) is 0 Å². The first kappa shape index (κ1) is 15.7. The SMILES string of the molecule is Cc1ccnc(NC(=S)NCCCc2ccc(Cl)cc2)c1. The van der Waals surface area contributed by atoms with Crippen LogP contribution in [0.4, 0.5) is 5.82 Å². The Balaban J connectivity index is 1.68. The number of thiocarbonyl (C=S) groups is 1. The molecule has 1 aromatic carbocycles. The van der Waals surface area contributed by atoms with Crippen LogP contribution >= 0.6 is 23.8 Å². The summed E-state index contributed by atoms with van der Waals surface area (Å²) in [7, 11) is 0. The zero-order valence-corrected chi connectivity index (χ0v) is 13.5. The quantitative estimate of drug-likeness (QED) is 0.646. The number of rotatable bonds is 5. The highest BCUT2D eigenvalue weighted by atomic mass is 35.5. The summed E-state index contributed by atoms with van der Waals surface area (Å²) < 4.78 is 0. The maximum absolute atomic E-state index is 5.86. The summed E-state index contributed by atoms with van der Waals surface area (Å²) in [5, 5.41) is 7.64. The number of nitrogens with zero attached hydrogens (tertiary/aromatic N) is 1. The Morgan fingerprint density at radius 1 is 1.24 bits per heavy atom. The molecule has 0 aliphatic rings. The Morgan fingerprint density at radius 3 is 2.71 bits per heavy atom. The van der Waals surface area contributed by atoms with E-state index < -0.39 is 0 Å². The van der Waals surface area contributed by atoms with E-state index in [-0.39, 0.29) is 0 Å². The molecule has 0 aliphatic carbocycles. The van der Waals surface area contributed by atoms with Crippen LogP contribution in [0.5, 0.6) is 0 Å². The van der Waals surface area contributed by atoms with Crippen molar-refractivity contribution in [1.29, 1.82) is 0 Å². The van der Waals surface area contributed by atoms with Gasteiger partial charge in [-0.2, -0.15) is 0 Å². The van der Waals surface area contributed by atoms with Crippen LogP contribution in [-0.4, -0.2) is 16.6 Å². The van der Waals surface area contributed by atoms with E-state index in [2.05, 4.69) is 27.8 Å². The summed E-state index contributed by atoms with van der Waals surface area (Å²) in [4.78, 5) is 4.21. The van der Waals surface area contributed by atoms with Crippen molar-refractivity contribution in [3.63, 3.8) is 0 Å². The number of benzene rings is 1. The van der Waals surface area contributed by atoms with Gasteiger partial charge >= 0.3 is 0 Å². The molecule has 2 aromatic rings. The predicted octanol–water partition coefficient (Wildman–Crippen LogP) is 3.96.